The first kappa shape index (κ1) is 16.4. The van der Waals surface area contributed by atoms with E-state index in [1.807, 2.05) is 50.1 Å². The molecule has 0 saturated carbocycles. The van der Waals surface area contributed by atoms with E-state index in [0.717, 1.165) is 33.6 Å². The summed E-state index contributed by atoms with van der Waals surface area (Å²) >= 11 is 0. The molecule has 1 unspecified atom stereocenters. The second kappa shape index (κ2) is 6.37. The minimum absolute atomic E-state index is 0.217. The normalized spacial score (nSPS) is 19.0. The quantitative estimate of drug-likeness (QED) is 0.856. The highest BCUT2D eigenvalue weighted by Gasteiger charge is 2.38. The van der Waals surface area contributed by atoms with E-state index in [4.69, 9.17) is 9.47 Å². The van der Waals surface area contributed by atoms with Crippen molar-refractivity contribution in [1.29, 1.82) is 0 Å². The van der Waals surface area contributed by atoms with Crippen molar-refractivity contribution < 1.29 is 14.3 Å². The summed E-state index contributed by atoms with van der Waals surface area (Å²) in [7, 11) is 0. The van der Waals surface area contributed by atoms with Gasteiger partial charge in [-0.25, -0.2) is 0 Å². The number of ether oxygens (including phenoxy) is 2. The number of carbonyl (C=O) groups is 1. The number of aromatic amines is 1. The Labute approximate surface area is 151 Å². The number of rotatable bonds is 4. The number of aromatic nitrogens is 1. The van der Waals surface area contributed by atoms with Crippen molar-refractivity contribution >= 4 is 23.1 Å². The number of aryl methyl sites for hydroxylation is 1. The van der Waals surface area contributed by atoms with E-state index in [1.54, 1.807) is 6.21 Å². The van der Waals surface area contributed by atoms with Crippen LogP contribution in [-0.4, -0.2) is 35.3 Å². The van der Waals surface area contributed by atoms with E-state index in [2.05, 4.69) is 16.2 Å². The van der Waals surface area contributed by atoms with Crippen molar-refractivity contribution in [2.75, 3.05) is 13.2 Å². The van der Waals surface area contributed by atoms with Crippen molar-refractivity contribution in [2.45, 2.75) is 20.8 Å². The van der Waals surface area contributed by atoms with E-state index in [9.17, 15) is 4.79 Å². The first-order chi connectivity index (χ1) is 12.6. The number of H-pyrrole nitrogens is 1. The Hall–Kier alpha value is -3.02. The lowest BCUT2D eigenvalue weighted by Gasteiger charge is -2.22. The number of nitrogens with zero attached hydrogens (tertiary/aromatic N) is 2. The van der Waals surface area contributed by atoms with Crippen molar-refractivity contribution in [1.82, 2.24) is 9.99 Å². The fourth-order valence-corrected chi connectivity index (χ4v) is 3.48. The van der Waals surface area contributed by atoms with Gasteiger partial charge in [-0.1, -0.05) is 0 Å². The molecule has 0 amide bonds. The van der Waals surface area contributed by atoms with Gasteiger partial charge in [0.05, 0.1) is 25.3 Å². The molecular formula is C20H21N3O3. The molecule has 6 heteroatoms. The number of allylic oxidation sites excluding steroid dienone is 1. The van der Waals surface area contributed by atoms with Gasteiger partial charge in [-0.15, -0.1) is 0 Å². The Morgan fingerprint density at radius 3 is 3.00 bits per heavy atom. The topological polar surface area (TPSA) is 66.9 Å². The van der Waals surface area contributed by atoms with Gasteiger partial charge in [-0.2, -0.15) is 5.10 Å². The summed E-state index contributed by atoms with van der Waals surface area (Å²) < 4.78 is 11.3. The highest BCUT2D eigenvalue weighted by atomic mass is 16.5. The van der Waals surface area contributed by atoms with E-state index in [-0.39, 0.29) is 11.9 Å². The zero-order valence-corrected chi connectivity index (χ0v) is 15.1. The van der Waals surface area contributed by atoms with Crippen LogP contribution in [0.2, 0.25) is 0 Å². The zero-order valence-electron chi connectivity index (χ0n) is 15.1. The van der Waals surface area contributed by atoms with Gasteiger partial charge in [0, 0.05) is 22.7 Å². The molecule has 0 saturated heterocycles. The molecule has 2 aliphatic rings. The minimum Gasteiger partial charge on any atom is -0.465 e. The molecule has 3 heterocycles. The summed E-state index contributed by atoms with van der Waals surface area (Å²) in [5, 5.41) is 7.27. The first-order valence-electron chi connectivity index (χ1n) is 8.73. The van der Waals surface area contributed by atoms with Crippen molar-refractivity contribution in [2.24, 2.45) is 11.0 Å². The van der Waals surface area contributed by atoms with Crippen LogP contribution in [0.4, 0.5) is 0 Å². The molecule has 1 aromatic carbocycles. The van der Waals surface area contributed by atoms with Crippen LogP contribution < -0.4 is 4.74 Å². The molecule has 0 spiro atoms. The fourth-order valence-electron chi connectivity index (χ4n) is 3.48. The SMILES string of the molecule is CCOC(=O)C1CN2N=CC=C(Oc3ccc4[nH]c(C)cc4c3)C2=C1C. The maximum absolute atomic E-state index is 12.2. The summed E-state index contributed by atoms with van der Waals surface area (Å²) in [5.41, 5.74) is 3.95. The molecule has 2 aromatic rings. The molecule has 1 aromatic heterocycles. The smallest absolute Gasteiger partial charge is 0.315 e. The van der Waals surface area contributed by atoms with Crippen LogP contribution in [0.5, 0.6) is 5.75 Å². The molecule has 1 atom stereocenters. The van der Waals surface area contributed by atoms with Gasteiger partial charge in [-0.3, -0.25) is 9.80 Å². The number of hydrogen-bond acceptors (Lipinski definition) is 5. The highest BCUT2D eigenvalue weighted by molar-refractivity contribution is 5.82. The molecule has 4 rings (SSSR count). The van der Waals surface area contributed by atoms with Crippen molar-refractivity contribution in [3.05, 3.63) is 53.1 Å². The van der Waals surface area contributed by atoms with Gasteiger partial charge in [0.1, 0.15) is 11.4 Å². The van der Waals surface area contributed by atoms with E-state index >= 15 is 0 Å². The molecule has 6 nitrogen and oxygen atoms in total. The molecular weight excluding hydrogens is 330 g/mol. The monoisotopic (exact) mass is 351 g/mol. The highest BCUT2D eigenvalue weighted by Crippen LogP contribution is 2.36. The Kier molecular flexibility index (Phi) is 4.03. The second-order valence-corrected chi connectivity index (χ2v) is 6.52. The Balaban J connectivity index is 1.63. The molecule has 0 radical (unpaired) electrons. The predicted octanol–water partition coefficient (Wildman–Crippen LogP) is 3.51. The lowest BCUT2D eigenvalue weighted by atomic mass is 10.0. The average molecular weight is 351 g/mol. The van der Waals surface area contributed by atoms with E-state index in [0.29, 0.717) is 18.9 Å². The Morgan fingerprint density at radius 2 is 2.19 bits per heavy atom. The number of esters is 1. The van der Waals surface area contributed by atoms with E-state index in [1.165, 1.54) is 0 Å². The van der Waals surface area contributed by atoms with E-state index < -0.39 is 0 Å². The molecule has 2 aliphatic heterocycles. The molecule has 1 N–H and O–H groups in total. The lowest BCUT2D eigenvalue weighted by molar-refractivity contribution is -0.146. The van der Waals surface area contributed by atoms with Crippen LogP contribution in [0.1, 0.15) is 19.5 Å². The predicted molar refractivity (Wildman–Crippen MR) is 99.8 cm³/mol. The van der Waals surface area contributed by atoms with Crippen molar-refractivity contribution in [3.8, 4) is 5.75 Å². The average Bonchev–Trinajstić information content (AvgIpc) is 3.15. The summed E-state index contributed by atoms with van der Waals surface area (Å²) in [6.45, 7) is 6.63. The van der Waals surface area contributed by atoms with Gasteiger partial charge >= 0.3 is 5.97 Å². The number of nitrogens with one attached hydrogen (secondary N) is 1. The first-order valence-corrected chi connectivity index (χ1v) is 8.73. The standard InChI is InChI=1S/C20H21N3O3/c1-4-25-20(24)16-11-23-19(13(16)3)18(7-8-21-23)26-15-5-6-17-14(10-15)9-12(2)22-17/h5-10,16,22H,4,11H2,1-3H3. The van der Waals surface area contributed by atoms with Crippen LogP contribution in [0.15, 0.2) is 52.5 Å². The molecule has 0 bridgehead atoms. The van der Waals surface area contributed by atoms with Crippen LogP contribution >= 0.6 is 0 Å². The fraction of sp³-hybridized carbons (Fsp3) is 0.300. The Bertz CT molecular complexity index is 968. The number of fused-ring (bicyclic) bond motifs is 2. The summed E-state index contributed by atoms with van der Waals surface area (Å²) in [6.07, 6.45) is 3.52. The van der Waals surface area contributed by atoms with Crippen LogP contribution in [0.25, 0.3) is 10.9 Å². The summed E-state index contributed by atoms with van der Waals surface area (Å²) in [4.78, 5) is 15.5. The number of benzene rings is 1. The van der Waals surface area contributed by atoms with Crippen LogP contribution in [-0.2, 0) is 9.53 Å². The van der Waals surface area contributed by atoms with Crippen LogP contribution in [0, 0.1) is 12.8 Å². The third-order valence-corrected chi connectivity index (χ3v) is 4.70. The number of hydrazone groups is 1. The maximum atomic E-state index is 12.2. The summed E-state index contributed by atoms with van der Waals surface area (Å²) in [6, 6.07) is 8.03. The van der Waals surface area contributed by atoms with Gasteiger partial charge in [0.15, 0.2) is 5.76 Å². The van der Waals surface area contributed by atoms with Crippen molar-refractivity contribution in [3.63, 3.8) is 0 Å². The second-order valence-electron chi connectivity index (χ2n) is 6.52. The molecule has 134 valence electrons. The largest absolute Gasteiger partial charge is 0.465 e. The molecule has 0 aliphatic carbocycles. The third-order valence-electron chi connectivity index (χ3n) is 4.70. The Morgan fingerprint density at radius 1 is 1.35 bits per heavy atom. The van der Waals surface area contributed by atoms with Crippen LogP contribution in [0.3, 0.4) is 0 Å². The van der Waals surface area contributed by atoms with Gasteiger partial charge in [0.25, 0.3) is 0 Å². The number of hydrogen-bond donors (Lipinski definition) is 1. The third kappa shape index (κ3) is 2.77. The zero-order chi connectivity index (χ0) is 18.3. The van der Waals surface area contributed by atoms with Gasteiger partial charge in [0.2, 0.25) is 0 Å². The summed E-state index contributed by atoms with van der Waals surface area (Å²) in [5.74, 6) is 0.904. The van der Waals surface area contributed by atoms with Gasteiger partial charge in [-0.05, 0) is 50.6 Å². The molecule has 26 heavy (non-hydrogen) atoms. The molecule has 0 fully saturated rings. The lowest BCUT2D eigenvalue weighted by Crippen LogP contribution is -2.25. The van der Waals surface area contributed by atoms with Gasteiger partial charge < -0.3 is 14.5 Å². The maximum Gasteiger partial charge on any atom is 0.315 e. The number of carbonyl (C=O) groups excluding carboxylic acids is 1. The minimum atomic E-state index is -0.318.